The van der Waals surface area contributed by atoms with Gasteiger partial charge >= 0.3 is 60.3 Å². The Labute approximate surface area is 60.1 Å². The molecule has 0 bridgehead atoms. The predicted molar refractivity (Wildman–Crippen MR) is 28.8 cm³/mol. The summed E-state index contributed by atoms with van der Waals surface area (Å²) in [6.45, 7) is 4.05. The first kappa shape index (κ1) is 7.75. The molecule has 0 nitrogen and oxygen atoms in total. The van der Waals surface area contributed by atoms with Crippen molar-refractivity contribution in [1.29, 1.82) is 0 Å². The molecule has 0 unspecified atom stereocenters. The minimum absolute atomic E-state index is 0.998. The van der Waals surface area contributed by atoms with Gasteiger partial charge in [0.2, 0.25) is 0 Å². The van der Waals surface area contributed by atoms with Crippen molar-refractivity contribution < 1.29 is 23.3 Å². The van der Waals surface area contributed by atoms with Gasteiger partial charge in [-0.05, 0) is 0 Å². The van der Waals surface area contributed by atoms with E-state index >= 15 is 0 Å². The van der Waals surface area contributed by atoms with Crippen LogP contribution in [0.4, 0.5) is 0 Å². The summed E-state index contributed by atoms with van der Waals surface area (Å²) in [6, 6.07) is 0. The summed E-state index contributed by atoms with van der Waals surface area (Å²) in [5.74, 6) is 0. The Morgan fingerprint density at radius 3 is 2.43 bits per heavy atom. The second-order valence-electron chi connectivity index (χ2n) is 1.50. The summed E-state index contributed by atoms with van der Waals surface area (Å²) >= 11 is -0.998. The van der Waals surface area contributed by atoms with Crippen molar-refractivity contribution in [3.8, 4) is 0 Å². The molecule has 2 heteroatoms. The molecular formula is C5H7ClHg. The van der Waals surface area contributed by atoms with E-state index in [9.17, 15) is 0 Å². The van der Waals surface area contributed by atoms with Crippen molar-refractivity contribution >= 4 is 8.25 Å². The van der Waals surface area contributed by atoms with Crippen LogP contribution < -0.4 is 0 Å². The maximum atomic E-state index is 5.54. The molecule has 0 aromatic carbocycles. The van der Waals surface area contributed by atoms with E-state index < -0.39 is 23.3 Å². The first-order valence-corrected chi connectivity index (χ1v) is 12.2. The van der Waals surface area contributed by atoms with E-state index in [0.717, 1.165) is 0 Å². The van der Waals surface area contributed by atoms with Crippen LogP contribution in [0.5, 0.6) is 0 Å². The normalized spacial score (nSPS) is 6.14. The van der Waals surface area contributed by atoms with E-state index in [1.807, 2.05) is 17.4 Å². The van der Waals surface area contributed by atoms with Gasteiger partial charge in [-0.2, -0.15) is 0 Å². The zero-order valence-corrected chi connectivity index (χ0v) is 10.9. The van der Waals surface area contributed by atoms with Crippen LogP contribution in [0.25, 0.3) is 0 Å². The molecule has 0 heterocycles. The third-order valence-corrected chi connectivity index (χ3v) is 3.22. The molecule has 0 fully saturated rings. The Kier molecular flexibility index (Phi) is 5.41. The van der Waals surface area contributed by atoms with Gasteiger partial charge < -0.3 is 0 Å². The molecule has 0 amide bonds. The summed E-state index contributed by atoms with van der Waals surface area (Å²) in [7, 11) is 5.54. The van der Waals surface area contributed by atoms with Crippen LogP contribution >= 0.6 is 8.25 Å². The van der Waals surface area contributed by atoms with Crippen LogP contribution in [0.2, 0.25) is 0 Å². The Morgan fingerprint density at radius 1 is 1.71 bits per heavy atom. The fourth-order valence-corrected chi connectivity index (χ4v) is 2.81. The fourth-order valence-electron chi connectivity index (χ4n) is 0.243. The van der Waals surface area contributed by atoms with Crippen molar-refractivity contribution in [1.82, 2.24) is 0 Å². The van der Waals surface area contributed by atoms with Crippen LogP contribution in [0.15, 0.2) is 14.9 Å². The summed E-state index contributed by atoms with van der Waals surface area (Å²) in [5, 5.41) is 0. The number of allylic oxidation sites excluding steroid dienone is 1. The molecule has 36 valence electrons. The molecule has 7 heavy (non-hydrogen) atoms. The molecule has 0 aromatic rings. The van der Waals surface area contributed by atoms with E-state index in [1.54, 1.807) is 0 Å². The van der Waals surface area contributed by atoms with Crippen LogP contribution in [0.1, 0.15) is 13.8 Å². The van der Waals surface area contributed by atoms with Crippen molar-refractivity contribution in [3.05, 3.63) is 14.9 Å². The van der Waals surface area contributed by atoms with E-state index in [2.05, 4.69) is 5.73 Å². The van der Waals surface area contributed by atoms with Gasteiger partial charge in [-0.1, -0.05) is 0 Å². The van der Waals surface area contributed by atoms with E-state index in [0.29, 0.717) is 0 Å². The number of hydrogen-bond donors (Lipinski definition) is 0. The Balaban J connectivity index is 3.62. The van der Waals surface area contributed by atoms with Crippen LogP contribution in [0.3, 0.4) is 0 Å². The quantitative estimate of drug-likeness (QED) is 0.515. The summed E-state index contributed by atoms with van der Waals surface area (Å²) in [6.07, 6.45) is 0. The summed E-state index contributed by atoms with van der Waals surface area (Å²) in [5.41, 5.74) is 4.28. The van der Waals surface area contributed by atoms with Crippen molar-refractivity contribution in [2.75, 3.05) is 0 Å². The van der Waals surface area contributed by atoms with Crippen LogP contribution in [0, 0.1) is 0 Å². The average molecular weight is 303 g/mol. The average Bonchev–Trinajstić information content (AvgIpc) is 1.61. The first-order valence-electron chi connectivity index (χ1n) is 2.21. The molecule has 0 spiro atoms. The number of hydrogen-bond acceptors (Lipinski definition) is 0. The Morgan fingerprint density at radius 2 is 2.29 bits per heavy atom. The maximum absolute atomic E-state index is 5.54. The third-order valence-electron chi connectivity index (χ3n) is 0.468. The first-order chi connectivity index (χ1) is 3.27. The topological polar surface area (TPSA) is 0 Å². The van der Waals surface area contributed by atoms with E-state index in [4.69, 9.17) is 8.25 Å². The minimum atomic E-state index is -0.998. The molecule has 0 N–H and O–H groups in total. The predicted octanol–water partition coefficient (Wildman–Crippen LogP) is 2.30. The second kappa shape index (κ2) is 4.89. The van der Waals surface area contributed by atoms with Crippen LogP contribution in [-0.2, 0) is 23.3 Å². The monoisotopic (exact) mass is 304 g/mol. The van der Waals surface area contributed by atoms with Gasteiger partial charge in [-0.15, -0.1) is 0 Å². The second-order valence-corrected chi connectivity index (χ2v) is 7.00. The summed E-state index contributed by atoms with van der Waals surface area (Å²) < 4.78 is 2.02. The van der Waals surface area contributed by atoms with Crippen LogP contribution in [-0.4, -0.2) is 0 Å². The molecule has 0 saturated heterocycles. The molecule has 0 atom stereocenters. The molecule has 0 saturated carbocycles. The molecular weight excluding hydrogens is 296 g/mol. The fraction of sp³-hybridized carbons (Fsp3) is 0.400. The van der Waals surface area contributed by atoms with E-state index in [1.165, 1.54) is 5.57 Å². The molecule has 0 radical (unpaired) electrons. The standard InChI is InChI=1S/C5H7.ClH.Hg/c1-4-5(2)3;;/h1H,2-3H3;1H;/q;;+1/p-1. The Hall–Kier alpha value is 0.745. The van der Waals surface area contributed by atoms with E-state index in [-0.39, 0.29) is 0 Å². The van der Waals surface area contributed by atoms with Gasteiger partial charge in [0.1, 0.15) is 0 Å². The van der Waals surface area contributed by atoms with Gasteiger partial charge in [-0.3, -0.25) is 0 Å². The molecule has 0 aliphatic carbocycles. The molecule has 0 aliphatic rings. The van der Waals surface area contributed by atoms with Gasteiger partial charge in [0.25, 0.3) is 0 Å². The zero-order chi connectivity index (χ0) is 5.70. The molecule has 0 aromatic heterocycles. The zero-order valence-electron chi connectivity index (χ0n) is 4.66. The third kappa shape index (κ3) is 6.75. The SMILES string of the molecule is CC(C)=C=[CH][Hg][Cl]. The van der Waals surface area contributed by atoms with Gasteiger partial charge in [0.15, 0.2) is 0 Å². The molecule has 0 aliphatic heterocycles. The van der Waals surface area contributed by atoms with Gasteiger partial charge in [0.05, 0.1) is 0 Å². The summed E-state index contributed by atoms with van der Waals surface area (Å²) in [4.78, 5) is 0. The Bertz CT molecular complexity index is 96.6. The van der Waals surface area contributed by atoms with Gasteiger partial charge in [-0.25, -0.2) is 0 Å². The molecule has 0 rings (SSSR count). The van der Waals surface area contributed by atoms with Crippen molar-refractivity contribution in [2.45, 2.75) is 13.8 Å². The van der Waals surface area contributed by atoms with Crippen molar-refractivity contribution in [3.63, 3.8) is 0 Å². The number of halogens is 1. The van der Waals surface area contributed by atoms with Gasteiger partial charge in [0, 0.05) is 0 Å². The van der Waals surface area contributed by atoms with Crippen molar-refractivity contribution in [2.24, 2.45) is 0 Å². The number of rotatable bonds is 1.